The zero-order valence-electron chi connectivity index (χ0n) is 27.7. The Bertz CT molecular complexity index is 1700. The Morgan fingerprint density at radius 3 is 1.57 bits per heavy atom. The SMILES string of the molecule is C=CC(C1=CC(=O)C=CC1=O)c1ccccc1.Cl.Cl.O=C1c2c(O)ccc(O)c2C(=O)c2c(NCCNCCO)ccc(NCCNCCO)c21. The lowest BCUT2D eigenvalue weighted by Gasteiger charge is -2.25. The summed E-state index contributed by atoms with van der Waals surface area (Å²) < 4.78 is 0. The summed E-state index contributed by atoms with van der Waals surface area (Å²) in [5.74, 6) is -2.36. The van der Waals surface area contributed by atoms with Gasteiger partial charge in [0.25, 0.3) is 0 Å². The van der Waals surface area contributed by atoms with Crippen molar-refractivity contribution in [1.29, 1.82) is 0 Å². The third kappa shape index (κ3) is 10.4. The topological polar surface area (TPSA) is 197 Å². The molecule has 1 atom stereocenters. The molecule has 14 heteroatoms. The number of anilines is 2. The first-order chi connectivity index (χ1) is 23.7. The summed E-state index contributed by atoms with van der Waals surface area (Å²) in [5.41, 5.74) is 2.13. The van der Waals surface area contributed by atoms with Gasteiger partial charge in [-0.2, -0.15) is 0 Å². The molecule has 0 fully saturated rings. The number of ketones is 4. The summed E-state index contributed by atoms with van der Waals surface area (Å²) in [6.07, 6.45) is 5.68. The first-order valence-corrected chi connectivity index (χ1v) is 15.8. The number of nitrogens with one attached hydrogen (secondary N) is 4. The van der Waals surface area contributed by atoms with Crippen LogP contribution in [0.5, 0.6) is 11.5 Å². The van der Waals surface area contributed by atoms with Crippen LogP contribution < -0.4 is 21.3 Å². The van der Waals surface area contributed by atoms with Crippen molar-refractivity contribution < 1.29 is 39.6 Å². The van der Waals surface area contributed by atoms with Gasteiger partial charge in [-0.05, 0) is 48.1 Å². The second-order valence-corrected chi connectivity index (χ2v) is 11.0. The van der Waals surface area contributed by atoms with E-state index in [-0.39, 0.29) is 89.3 Å². The fourth-order valence-corrected chi connectivity index (χ4v) is 5.51. The largest absolute Gasteiger partial charge is 0.507 e. The Hall–Kier alpha value is -4.82. The molecule has 8 N–H and O–H groups in total. The lowest BCUT2D eigenvalue weighted by atomic mass is 9.81. The first-order valence-electron chi connectivity index (χ1n) is 15.8. The van der Waals surface area contributed by atoms with Gasteiger partial charge in [-0.15, -0.1) is 31.4 Å². The quantitative estimate of drug-likeness (QED) is 0.0384. The number of benzene rings is 3. The fraction of sp³-hybridized carbons (Fsp3) is 0.243. The smallest absolute Gasteiger partial charge is 0.200 e. The third-order valence-corrected chi connectivity index (χ3v) is 7.80. The van der Waals surface area contributed by atoms with Crippen LogP contribution in [-0.4, -0.2) is 96.0 Å². The number of carbonyl (C=O) groups is 4. The number of rotatable bonds is 15. The number of fused-ring (bicyclic) bond motifs is 2. The van der Waals surface area contributed by atoms with Crippen molar-refractivity contribution in [1.82, 2.24) is 10.6 Å². The molecule has 0 aliphatic heterocycles. The minimum absolute atomic E-state index is 0. The van der Waals surface area contributed by atoms with Crippen LogP contribution in [0.15, 0.2) is 91.1 Å². The van der Waals surface area contributed by atoms with Gasteiger partial charge in [0.05, 0.1) is 35.5 Å². The van der Waals surface area contributed by atoms with Crippen molar-refractivity contribution in [3.8, 4) is 11.5 Å². The van der Waals surface area contributed by atoms with Crippen molar-refractivity contribution in [3.63, 3.8) is 0 Å². The van der Waals surface area contributed by atoms with Crippen LogP contribution in [0.3, 0.4) is 0 Å². The molecule has 0 spiro atoms. The molecule has 0 heterocycles. The number of hydrogen-bond donors (Lipinski definition) is 8. The normalized spacial score (nSPS) is 13.3. The maximum absolute atomic E-state index is 13.4. The van der Waals surface area contributed by atoms with E-state index in [0.717, 1.165) is 5.56 Å². The molecule has 3 aromatic carbocycles. The molecule has 51 heavy (non-hydrogen) atoms. The lowest BCUT2D eigenvalue weighted by Crippen LogP contribution is -2.28. The molecule has 0 amide bonds. The van der Waals surface area contributed by atoms with Gasteiger partial charge in [-0.25, -0.2) is 0 Å². The summed E-state index contributed by atoms with van der Waals surface area (Å²) in [4.78, 5) is 49.8. The standard InChI is InChI=1S/C22H28N4O6.C15H12O2.2ClH/c27-11-9-23-5-7-25-13-1-2-14(26-8-6-24-10-12-28)18-17(13)21(31)19-15(29)3-4-16(30)20(19)22(18)32;1-2-13(11-6-4-3-5-7-11)14-10-12(16)8-9-15(14)17;;/h1-4,23-30H,5-12H2;2-10,13H,1H2;2*1H. The summed E-state index contributed by atoms with van der Waals surface area (Å²) in [6.45, 7) is 6.55. The van der Waals surface area contributed by atoms with Crippen molar-refractivity contribution in [2.45, 2.75) is 5.92 Å². The van der Waals surface area contributed by atoms with Crippen molar-refractivity contribution in [2.24, 2.45) is 0 Å². The van der Waals surface area contributed by atoms with Gasteiger partial charge in [0.2, 0.25) is 11.6 Å². The molecular weight excluding hydrogens is 699 g/mol. The molecular formula is C37H42Cl2N4O8. The molecule has 5 rings (SSSR count). The van der Waals surface area contributed by atoms with E-state index < -0.39 is 11.6 Å². The van der Waals surface area contributed by atoms with Gasteiger partial charge in [0.15, 0.2) is 11.6 Å². The Labute approximate surface area is 308 Å². The number of phenols is 2. The number of carbonyl (C=O) groups excluding carboxylic acids is 4. The highest BCUT2D eigenvalue weighted by Gasteiger charge is 2.38. The van der Waals surface area contributed by atoms with Gasteiger partial charge in [0.1, 0.15) is 11.5 Å². The second-order valence-electron chi connectivity index (χ2n) is 11.0. The molecule has 272 valence electrons. The van der Waals surface area contributed by atoms with E-state index in [1.54, 1.807) is 18.2 Å². The van der Waals surface area contributed by atoms with Gasteiger partial charge >= 0.3 is 0 Å². The lowest BCUT2D eigenvalue weighted by molar-refractivity contribution is -0.114. The van der Waals surface area contributed by atoms with Crippen molar-refractivity contribution in [2.75, 3.05) is 63.1 Å². The van der Waals surface area contributed by atoms with E-state index in [0.29, 0.717) is 56.2 Å². The predicted molar refractivity (Wildman–Crippen MR) is 201 cm³/mol. The molecule has 2 aliphatic carbocycles. The zero-order valence-corrected chi connectivity index (χ0v) is 29.3. The second kappa shape index (κ2) is 20.8. The minimum Gasteiger partial charge on any atom is -0.507 e. The highest BCUT2D eigenvalue weighted by Crippen LogP contribution is 2.42. The van der Waals surface area contributed by atoms with E-state index in [1.807, 2.05) is 30.3 Å². The summed E-state index contributed by atoms with van der Waals surface area (Å²) in [7, 11) is 0. The Kier molecular flexibility index (Phi) is 17.2. The average Bonchev–Trinajstić information content (AvgIpc) is 3.10. The molecule has 12 nitrogen and oxygen atoms in total. The molecule has 0 aromatic heterocycles. The third-order valence-electron chi connectivity index (χ3n) is 7.80. The molecule has 1 unspecified atom stereocenters. The maximum atomic E-state index is 13.4. The summed E-state index contributed by atoms with van der Waals surface area (Å²) >= 11 is 0. The van der Waals surface area contributed by atoms with E-state index in [1.165, 1.54) is 30.4 Å². The van der Waals surface area contributed by atoms with Gasteiger partial charge in [0, 0.05) is 62.1 Å². The number of allylic oxidation sites excluding steroid dienone is 5. The molecule has 3 aromatic rings. The number of hydrogen-bond acceptors (Lipinski definition) is 12. The molecule has 0 saturated heterocycles. The van der Waals surface area contributed by atoms with Gasteiger partial charge in [-0.3, -0.25) is 19.2 Å². The average molecular weight is 742 g/mol. The zero-order chi connectivity index (χ0) is 35.3. The van der Waals surface area contributed by atoms with Crippen LogP contribution in [0.2, 0.25) is 0 Å². The fourth-order valence-electron chi connectivity index (χ4n) is 5.51. The molecule has 0 bridgehead atoms. The van der Waals surface area contributed by atoms with E-state index in [4.69, 9.17) is 10.2 Å². The monoisotopic (exact) mass is 740 g/mol. The van der Waals surface area contributed by atoms with E-state index >= 15 is 0 Å². The molecule has 0 saturated carbocycles. The van der Waals surface area contributed by atoms with Crippen molar-refractivity contribution in [3.05, 3.63) is 119 Å². The first kappa shape index (κ1) is 42.3. The van der Waals surface area contributed by atoms with Gasteiger partial charge < -0.3 is 41.7 Å². The van der Waals surface area contributed by atoms with Crippen LogP contribution in [0, 0.1) is 0 Å². The predicted octanol–water partition coefficient (Wildman–Crippen LogP) is 3.30. The molecule has 2 aliphatic rings. The number of aliphatic hydroxyl groups excluding tert-OH is 2. The number of halogens is 2. The van der Waals surface area contributed by atoms with Crippen LogP contribution in [-0.2, 0) is 9.59 Å². The Balaban J connectivity index is 0.000000402. The molecule has 0 radical (unpaired) electrons. The van der Waals surface area contributed by atoms with Crippen molar-refractivity contribution >= 4 is 59.3 Å². The number of phenolic OH excluding ortho intramolecular Hbond substituents is 2. The highest BCUT2D eigenvalue weighted by molar-refractivity contribution is 6.33. The minimum atomic E-state index is -0.559. The highest BCUT2D eigenvalue weighted by atomic mass is 35.5. The Morgan fingerprint density at radius 2 is 1.12 bits per heavy atom. The summed E-state index contributed by atoms with van der Waals surface area (Å²) in [6, 6.07) is 15.3. The number of aliphatic hydroxyl groups is 2. The van der Waals surface area contributed by atoms with E-state index in [2.05, 4.69) is 27.8 Å². The van der Waals surface area contributed by atoms with E-state index in [9.17, 15) is 29.4 Å². The Morgan fingerprint density at radius 1 is 0.627 bits per heavy atom. The summed E-state index contributed by atoms with van der Waals surface area (Å²) in [5, 5.41) is 50.6. The van der Waals surface area contributed by atoms with Crippen LogP contribution >= 0.6 is 24.8 Å². The number of aromatic hydroxyl groups is 2. The van der Waals surface area contributed by atoms with Crippen LogP contribution in [0.25, 0.3) is 0 Å². The van der Waals surface area contributed by atoms with Gasteiger partial charge in [-0.1, -0.05) is 36.4 Å². The van der Waals surface area contributed by atoms with Crippen LogP contribution in [0.4, 0.5) is 11.4 Å². The maximum Gasteiger partial charge on any atom is 0.200 e. The van der Waals surface area contributed by atoms with Crippen LogP contribution in [0.1, 0.15) is 43.3 Å².